The number of hydrogen-bond donors (Lipinski definition) is 1. The minimum absolute atomic E-state index is 0.196. The van der Waals surface area contributed by atoms with Crippen molar-refractivity contribution in [3.05, 3.63) is 35.4 Å². The molecule has 0 bridgehead atoms. The van der Waals surface area contributed by atoms with E-state index in [0.717, 1.165) is 19.6 Å². The van der Waals surface area contributed by atoms with Gasteiger partial charge in [-0.05, 0) is 24.6 Å². The average molecular weight is 275 g/mol. The van der Waals surface area contributed by atoms with Crippen LogP contribution in [-0.2, 0) is 11.3 Å². The van der Waals surface area contributed by atoms with Gasteiger partial charge in [-0.2, -0.15) is 0 Å². The lowest BCUT2D eigenvalue weighted by Crippen LogP contribution is -2.58. The van der Waals surface area contributed by atoms with Gasteiger partial charge in [0.15, 0.2) is 0 Å². The number of carbonyl (C=O) groups is 1. The molecule has 1 heterocycles. The molecular weight excluding hydrogens is 250 g/mol. The number of nitrogens with zero attached hydrogens (tertiary/aromatic N) is 2. The van der Waals surface area contributed by atoms with Gasteiger partial charge in [-0.1, -0.05) is 31.2 Å². The maximum Gasteiger partial charge on any atom is 0.236 e. The summed E-state index contributed by atoms with van der Waals surface area (Å²) in [6.07, 6.45) is 0. The van der Waals surface area contributed by atoms with Gasteiger partial charge in [0.05, 0.1) is 6.54 Å². The molecule has 1 saturated heterocycles. The fourth-order valence-electron chi connectivity index (χ4n) is 2.46. The van der Waals surface area contributed by atoms with Crippen LogP contribution in [0.4, 0.5) is 0 Å². The average Bonchev–Trinajstić information content (AvgIpc) is 2.38. The zero-order valence-electron chi connectivity index (χ0n) is 12.7. The Morgan fingerprint density at radius 2 is 2.05 bits per heavy atom. The Balaban J connectivity index is 1.89. The van der Waals surface area contributed by atoms with Crippen LogP contribution in [0.3, 0.4) is 0 Å². The first-order valence-corrected chi connectivity index (χ1v) is 7.35. The summed E-state index contributed by atoms with van der Waals surface area (Å²) in [5, 5.41) is 3.26. The summed E-state index contributed by atoms with van der Waals surface area (Å²) in [5.74, 6) is 0.196. The Hall–Kier alpha value is -1.39. The first-order chi connectivity index (χ1) is 9.61. The van der Waals surface area contributed by atoms with E-state index in [1.54, 1.807) is 0 Å². The molecule has 0 radical (unpaired) electrons. The van der Waals surface area contributed by atoms with Crippen LogP contribution < -0.4 is 5.32 Å². The standard InChI is InChI=1S/C16H25N3O/c1-4-19(15-9-17-10-15)12-16(20)18(3)11-14-8-6-5-7-13(14)2/h5-8,15,17H,4,9-12H2,1-3H3. The highest BCUT2D eigenvalue weighted by Crippen LogP contribution is 2.11. The Bertz CT molecular complexity index is 457. The zero-order chi connectivity index (χ0) is 14.5. The summed E-state index contributed by atoms with van der Waals surface area (Å²) in [7, 11) is 1.89. The number of benzene rings is 1. The van der Waals surface area contributed by atoms with E-state index in [4.69, 9.17) is 0 Å². The fourth-order valence-corrected chi connectivity index (χ4v) is 2.46. The molecule has 4 nitrogen and oxygen atoms in total. The molecule has 0 unspecified atom stereocenters. The van der Waals surface area contributed by atoms with Crippen molar-refractivity contribution in [1.29, 1.82) is 0 Å². The van der Waals surface area contributed by atoms with Gasteiger partial charge in [0, 0.05) is 32.7 Å². The number of carbonyl (C=O) groups excluding carboxylic acids is 1. The van der Waals surface area contributed by atoms with E-state index >= 15 is 0 Å². The largest absolute Gasteiger partial charge is 0.340 e. The lowest BCUT2D eigenvalue weighted by atomic mass is 10.1. The molecule has 1 fully saturated rings. The third-order valence-electron chi connectivity index (χ3n) is 4.12. The van der Waals surface area contributed by atoms with Crippen molar-refractivity contribution >= 4 is 5.91 Å². The number of nitrogens with one attached hydrogen (secondary N) is 1. The number of amides is 1. The van der Waals surface area contributed by atoms with E-state index in [1.165, 1.54) is 11.1 Å². The molecule has 1 N–H and O–H groups in total. The third-order valence-corrected chi connectivity index (χ3v) is 4.12. The Kier molecular flexibility index (Phi) is 5.15. The predicted molar refractivity (Wildman–Crippen MR) is 81.6 cm³/mol. The van der Waals surface area contributed by atoms with Crippen LogP contribution in [0, 0.1) is 6.92 Å². The summed E-state index contributed by atoms with van der Waals surface area (Å²) >= 11 is 0. The molecule has 1 aromatic carbocycles. The minimum Gasteiger partial charge on any atom is -0.340 e. The van der Waals surface area contributed by atoms with Gasteiger partial charge in [-0.15, -0.1) is 0 Å². The molecule has 0 saturated carbocycles. The molecule has 0 spiro atoms. The third kappa shape index (κ3) is 3.58. The molecule has 0 atom stereocenters. The fraction of sp³-hybridized carbons (Fsp3) is 0.562. The molecule has 2 rings (SSSR count). The van der Waals surface area contributed by atoms with Crippen molar-refractivity contribution in [2.24, 2.45) is 0 Å². The van der Waals surface area contributed by atoms with Gasteiger partial charge >= 0.3 is 0 Å². The zero-order valence-corrected chi connectivity index (χ0v) is 12.7. The van der Waals surface area contributed by atoms with E-state index in [1.807, 2.05) is 24.1 Å². The van der Waals surface area contributed by atoms with Crippen molar-refractivity contribution in [3.63, 3.8) is 0 Å². The normalized spacial score (nSPS) is 15.2. The molecule has 0 aromatic heterocycles. The van der Waals surface area contributed by atoms with E-state index in [9.17, 15) is 4.79 Å². The smallest absolute Gasteiger partial charge is 0.236 e. The Morgan fingerprint density at radius 1 is 1.35 bits per heavy atom. The summed E-state index contributed by atoms with van der Waals surface area (Å²) < 4.78 is 0. The summed E-state index contributed by atoms with van der Waals surface area (Å²) in [5.41, 5.74) is 2.46. The number of hydrogen-bond acceptors (Lipinski definition) is 3. The minimum atomic E-state index is 0.196. The van der Waals surface area contributed by atoms with Crippen molar-refractivity contribution in [3.8, 4) is 0 Å². The maximum atomic E-state index is 12.3. The quantitative estimate of drug-likeness (QED) is 0.848. The second kappa shape index (κ2) is 6.86. The maximum absolute atomic E-state index is 12.3. The van der Waals surface area contributed by atoms with Gasteiger partial charge in [-0.3, -0.25) is 9.69 Å². The van der Waals surface area contributed by atoms with Gasteiger partial charge in [0.1, 0.15) is 0 Å². The topological polar surface area (TPSA) is 35.6 Å². The molecule has 0 aliphatic carbocycles. The predicted octanol–water partition coefficient (Wildman–Crippen LogP) is 1.25. The molecule has 1 aromatic rings. The van der Waals surface area contributed by atoms with Crippen molar-refractivity contribution in [1.82, 2.24) is 15.1 Å². The van der Waals surface area contributed by atoms with Crippen LogP contribution in [0.15, 0.2) is 24.3 Å². The molecule has 110 valence electrons. The number of rotatable bonds is 6. The van der Waals surface area contributed by atoms with Crippen LogP contribution in [0.25, 0.3) is 0 Å². The summed E-state index contributed by atoms with van der Waals surface area (Å²) in [6.45, 7) is 8.34. The van der Waals surface area contributed by atoms with Crippen LogP contribution in [0.1, 0.15) is 18.1 Å². The van der Waals surface area contributed by atoms with Crippen molar-refractivity contribution in [2.45, 2.75) is 26.4 Å². The highest BCUT2D eigenvalue weighted by Gasteiger charge is 2.25. The lowest BCUT2D eigenvalue weighted by molar-refractivity contribution is -0.132. The van der Waals surface area contributed by atoms with Crippen LogP contribution in [0.2, 0.25) is 0 Å². The molecule has 4 heteroatoms. The van der Waals surface area contributed by atoms with Crippen LogP contribution in [-0.4, -0.2) is 55.0 Å². The van der Waals surface area contributed by atoms with E-state index in [0.29, 0.717) is 19.1 Å². The second-order valence-corrected chi connectivity index (χ2v) is 5.55. The van der Waals surface area contributed by atoms with Crippen LogP contribution in [0.5, 0.6) is 0 Å². The van der Waals surface area contributed by atoms with Gasteiger partial charge < -0.3 is 10.2 Å². The molecule has 1 aliphatic heterocycles. The highest BCUT2D eigenvalue weighted by molar-refractivity contribution is 5.78. The SMILES string of the molecule is CCN(CC(=O)N(C)Cc1ccccc1C)C1CNC1. The van der Waals surface area contributed by atoms with Crippen molar-refractivity contribution < 1.29 is 4.79 Å². The van der Waals surface area contributed by atoms with E-state index < -0.39 is 0 Å². The lowest BCUT2D eigenvalue weighted by Gasteiger charge is -2.37. The molecule has 1 amide bonds. The molecule has 1 aliphatic rings. The highest BCUT2D eigenvalue weighted by atomic mass is 16.2. The molecular formula is C16H25N3O. The monoisotopic (exact) mass is 275 g/mol. The summed E-state index contributed by atoms with van der Waals surface area (Å²) in [6, 6.07) is 8.76. The van der Waals surface area contributed by atoms with Gasteiger partial charge in [0.2, 0.25) is 5.91 Å². The van der Waals surface area contributed by atoms with Gasteiger partial charge in [0.25, 0.3) is 0 Å². The second-order valence-electron chi connectivity index (χ2n) is 5.55. The van der Waals surface area contributed by atoms with Crippen LogP contribution >= 0.6 is 0 Å². The molecule has 20 heavy (non-hydrogen) atoms. The van der Waals surface area contributed by atoms with E-state index in [-0.39, 0.29) is 5.91 Å². The number of aryl methyl sites for hydroxylation is 1. The Labute approximate surface area is 121 Å². The number of likely N-dealkylation sites (N-methyl/N-ethyl adjacent to an activating group) is 2. The summed E-state index contributed by atoms with van der Waals surface area (Å²) in [4.78, 5) is 16.4. The first kappa shape index (κ1) is 15.0. The Morgan fingerprint density at radius 3 is 2.60 bits per heavy atom. The van der Waals surface area contributed by atoms with Gasteiger partial charge in [-0.25, -0.2) is 0 Å². The first-order valence-electron chi connectivity index (χ1n) is 7.35. The van der Waals surface area contributed by atoms with E-state index in [2.05, 4.69) is 36.2 Å². The van der Waals surface area contributed by atoms with Crippen molar-refractivity contribution in [2.75, 3.05) is 33.2 Å².